The number of anilines is 1. The first-order valence-electron chi connectivity index (χ1n) is 4.73. The lowest BCUT2D eigenvalue weighted by Gasteiger charge is -2.02. The fourth-order valence-corrected chi connectivity index (χ4v) is 2.46. The Bertz CT molecular complexity index is 523. The van der Waals surface area contributed by atoms with Gasteiger partial charge in [-0.15, -0.1) is 0 Å². The molecule has 0 aliphatic carbocycles. The van der Waals surface area contributed by atoms with Crippen molar-refractivity contribution in [2.75, 3.05) is 5.73 Å². The van der Waals surface area contributed by atoms with Crippen molar-refractivity contribution < 1.29 is 4.21 Å². The van der Waals surface area contributed by atoms with E-state index in [2.05, 4.69) is 10.1 Å². The molecule has 0 spiro atoms. The van der Waals surface area contributed by atoms with Crippen molar-refractivity contribution >= 4 is 16.5 Å². The third-order valence-electron chi connectivity index (χ3n) is 2.10. The summed E-state index contributed by atoms with van der Waals surface area (Å²) in [5, 5.41) is 4.17. The predicted molar refractivity (Wildman–Crippen MR) is 62.0 cm³/mol. The lowest BCUT2D eigenvalue weighted by atomic mass is 10.4. The first kappa shape index (κ1) is 10.8. The molecule has 0 radical (unpaired) electrons. The number of rotatable bonds is 3. The Balaban J connectivity index is 2.18. The fraction of sp³-hybridized carbons (Fsp3) is 0.200. The summed E-state index contributed by atoms with van der Waals surface area (Å²) in [7, 11) is 0.653. The zero-order chi connectivity index (χ0) is 11.5. The first-order valence-corrected chi connectivity index (χ1v) is 6.05. The summed E-state index contributed by atoms with van der Waals surface area (Å²) in [6, 6.07) is 3.52. The van der Waals surface area contributed by atoms with Crippen molar-refractivity contribution in [1.82, 2.24) is 14.8 Å². The number of nitrogens with zero attached hydrogens (tertiary/aromatic N) is 3. The third kappa shape index (κ3) is 2.27. The molecule has 0 aromatic carbocycles. The Kier molecular flexibility index (Phi) is 3.00. The Labute approximate surface area is 95.8 Å². The molecule has 0 saturated heterocycles. The van der Waals surface area contributed by atoms with Gasteiger partial charge in [-0.1, -0.05) is 0 Å². The monoisotopic (exact) mass is 236 g/mol. The van der Waals surface area contributed by atoms with Crippen LogP contribution in [0.5, 0.6) is 0 Å². The Morgan fingerprint density at radius 3 is 2.94 bits per heavy atom. The van der Waals surface area contributed by atoms with Crippen molar-refractivity contribution in [2.24, 2.45) is 7.05 Å². The average Bonchev–Trinajstić information content (AvgIpc) is 2.64. The average molecular weight is 236 g/mol. The van der Waals surface area contributed by atoms with Gasteiger partial charge in [-0.3, -0.25) is 13.9 Å². The van der Waals surface area contributed by atoms with Crippen LogP contribution in [0.15, 0.2) is 35.6 Å². The van der Waals surface area contributed by atoms with Gasteiger partial charge in [0.2, 0.25) is 0 Å². The highest BCUT2D eigenvalue weighted by atomic mass is 32.2. The quantitative estimate of drug-likeness (QED) is 0.851. The smallest absolute Gasteiger partial charge is 0.0753 e. The van der Waals surface area contributed by atoms with Gasteiger partial charge in [0.15, 0.2) is 0 Å². The molecule has 0 bridgehead atoms. The second-order valence-electron chi connectivity index (χ2n) is 3.38. The highest BCUT2D eigenvalue weighted by Gasteiger charge is 2.09. The maximum Gasteiger partial charge on any atom is 0.0753 e. The van der Waals surface area contributed by atoms with Crippen molar-refractivity contribution in [3.05, 3.63) is 36.4 Å². The van der Waals surface area contributed by atoms with E-state index in [1.54, 1.807) is 16.9 Å². The van der Waals surface area contributed by atoms with Crippen LogP contribution in [-0.4, -0.2) is 19.0 Å². The summed E-state index contributed by atoms with van der Waals surface area (Å²) in [5.74, 6) is 0.370. The molecule has 2 rings (SSSR count). The van der Waals surface area contributed by atoms with Gasteiger partial charge in [0.05, 0.1) is 39.0 Å². The fourth-order valence-electron chi connectivity index (χ4n) is 1.35. The molecule has 0 fully saturated rings. The minimum absolute atomic E-state index is 0.370. The van der Waals surface area contributed by atoms with Crippen LogP contribution in [0.4, 0.5) is 5.69 Å². The van der Waals surface area contributed by atoms with Crippen molar-refractivity contribution in [2.45, 2.75) is 10.6 Å². The van der Waals surface area contributed by atoms with E-state index in [0.29, 0.717) is 16.3 Å². The van der Waals surface area contributed by atoms with E-state index in [0.717, 1.165) is 5.69 Å². The van der Waals surface area contributed by atoms with Crippen LogP contribution in [0.2, 0.25) is 0 Å². The van der Waals surface area contributed by atoms with Crippen molar-refractivity contribution in [3.63, 3.8) is 0 Å². The molecule has 5 nitrogen and oxygen atoms in total. The Morgan fingerprint density at radius 2 is 2.31 bits per heavy atom. The SMILES string of the molecule is Cn1ccc(CS(=O)c2ccncc2N)n1. The minimum Gasteiger partial charge on any atom is -0.396 e. The molecule has 84 valence electrons. The van der Waals surface area contributed by atoms with E-state index < -0.39 is 10.8 Å². The van der Waals surface area contributed by atoms with Gasteiger partial charge in [0.25, 0.3) is 0 Å². The lowest BCUT2D eigenvalue weighted by molar-refractivity contribution is 0.681. The number of pyridine rings is 1. The molecule has 1 atom stereocenters. The Hall–Kier alpha value is -1.69. The van der Waals surface area contributed by atoms with Crippen LogP contribution in [-0.2, 0) is 23.6 Å². The van der Waals surface area contributed by atoms with Crippen LogP contribution < -0.4 is 5.73 Å². The van der Waals surface area contributed by atoms with E-state index in [-0.39, 0.29) is 0 Å². The van der Waals surface area contributed by atoms with Gasteiger partial charge in [-0.25, -0.2) is 0 Å². The van der Waals surface area contributed by atoms with Crippen LogP contribution in [0.1, 0.15) is 5.69 Å². The van der Waals surface area contributed by atoms with Crippen LogP contribution >= 0.6 is 0 Å². The normalized spacial score (nSPS) is 12.6. The number of aromatic nitrogens is 3. The molecule has 0 amide bonds. The number of hydrogen-bond donors (Lipinski definition) is 1. The van der Waals surface area contributed by atoms with Gasteiger partial charge < -0.3 is 5.73 Å². The molecular weight excluding hydrogens is 224 g/mol. The highest BCUT2D eigenvalue weighted by Crippen LogP contribution is 2.16. The van der Waals surface area contributed by atoms with Gasteiger partial charge in [-0.2, -0.15) is 5.10 Å². The van der Waals surface area contributed by atoms with E-state index in [9.17, 15) is 4.21 Å². The van der Waals surface area contributed by atoms with Gasteiger partial charge in [0, 0.05) is 19.4 Å². The molecule has 16 heavy (non-hydrogen) atoms. The number of nitrogen functional groups attached to an aromatic ring is 1. The third-order valence-corrected chi connectivity index (χ3v) is 3.52. The molecule has 2 aromatic rings. The van der Waals surface area contributed by atoms with Crippen molar-refractivity contribution in [3.8, 4) is 0 Å². The molecule has 1 unspecified atom stereocenters. The summed E-state index contributed by atoms with van der Waals surface area (Å²) >= 11 is 0. The van der Waals surface area contributed by atoms with E-state index in [4.69, 9.17) is 5.73 Å². The second-order valence-corrected chi connectivity index (χ2v) is 4.80. The zero-order valence-corrected chi connectivity index (χ0v) is 9.65. The summed E-state index contributed by atoms with van der Waals surface area (Å²) in [6.45, 7) is 0. The maximum atomic E-state index is 12.0. The molecule has 6 heteroatoms. The largest absolute Gasteiger partial charge is 0.396 e. The summed E-state index contributed by atoms with van der Waals surface area (Å²) < 4.78 is 13.7. The summed E-state index contributed by atoms with van der Waals surface area (Å²) in [5.41, 5.74) is 6.94. The molecule has 2 aromatic heterocycles. The minimum atomic E-state index is -1.17. The number of aryl methyl sites for hydroxylation is 1. The van der Waals surface area contributed by atoms with E-state index in [1.165, 1.54) is 6.20 Å². The topological polar surface area (TPSA) is 73.8 Å². The van der Waals surface area contributed by atoms with Crippen LogP contribution in [0.3, 0.4) is 0 Å². The molecule has 2 heterocycles. The zero-order valence-electron chi connectivity index (χ0n) is 8.83. The predicted octanol–water partition coefficient (Wildman–Crippen LogP) is 0.705. The first-order chi connectivity index (χ1) is 7.66. The molecule has 0 saturated carbocycles. The molecule has 0 aliphatic rings. The van der Waals surface area contributed by atoms with Gasteiger partial charge in [-0.05, 0) is 12.1 Å². The van der Waals surface area contributed by atoms with Crippen LogP contribution in [0.25, 0.3) is 0 Å². The summed E-state index contributed by atoms with van der Waals surface area (Å²) in [4.78, 5) is 4.47. The van der Waals surface area contributed by atoms with E-state index >= 15 is 0 Å². The maximum absolute atomic E-state index is 12.0. The number of nitrogens with two attached hydrogens (primary N) is 1. The van der Waals surface area contributed by atoms with E-state index in [1.807, 2.05) is 19.3 Å². The highest BCUT2D eigenvalue weighted by molar-refractivity contribution is 7.84. The second kappa shape index (κ2) is 4.44. The van der Waals surface area contributed by atoms with Crippen molar-refractivity contribution in [1.29, 1.82) is 0 Å². The van der Waals surface area contributed by atoms with Gasteiger partial charge in [0.1, 0.15) is 0 Å². The molecular formula is C10H12N4OS. The molecule has 0 aliphatic heterocycles. The standard InChI is InChI=1S/C10H12N4OS/c1-14-5-3-8(13-14)7-16(15)10-2-4-12-6-9(10)11/h2-6H,7,11H2,1H3. The Morgan fingerprint density at radius 1 is 1.50 bits per heavy atom. The van der Waals surface area contributed by atoms with Crippen LogP contribution in [0, 0.1) is 0 Å². The lowest BCUT2D eigenvalue weighted by Crippen LogP contribution is -2.02. The van der Waals surface area contributed by atoms with Gasteiger partial charge >= 0.3 is 0 Å². The molecule has 2 N–H and O–H groups in total. The summed E-state index contributed by atoms with van der Waals surface area (Å²) in [6.07, 6.45) is 4.91. The number of hydrogen-bond acceptors (Lipinski definition) is 4.